The van der Waals surface area contributed by atoms with E-state index in [0.29, 0.717) is 18.1 Å². The van der Waals surface area contributed by atoms with Gasteiger partial charge in [-0.2, -0.15) is 0 Å². The minimum absolute atomic E-state index is 0.118. The van der Waals surface area contributed by atoms with Crippen LogP contribution < -0.4 is 15.2 Å². The van der Waals surface area contributed by atoms with Crippen molar-refractivity contribution in [2.75, 3.05) is 11.9 Å². The van der Waals surface area contributed by atoms with Gasteiger partial charge in [0.2, 0.25) is 10.0 Å². The summed E-state index contributed by atoms with van der Waals surface area (Å²) in [6.45, 7) is 0.443. The number of ether oxygens (including phenoxy) is 1. The van der Waals surface area contributed by atoms with Gasteiger partial charge in [0.15, 0.2) is 0 Å². The molecule has 0 bridgehead atoms. The second kappa shape index (κ2) is 8.54. The van der Waals surface area contributed by atoms with Crippen molar-refractivity contribution in [1.82, 2.24) is 0 Å². The van der Waals surface area contributed by atoms with Gasteiger partial charge in [-0.15, -0.1) is 0 Å². The van der Waals surface area contributed by atoms with Crippen LogP contribution >= 0.6 is 0 Å². The largest absolute Gasteiger partial charge is 0.492 e. The van der Waals surface area contributed by atoms with Crippen molar-refractivity contribution in [1.29, 1.82) is 0 Å². The maximum absolute atomic E-state index is 12.4. The number of hydrogen-bond donors (Lipinski definition) is 2. The van der Waals surface area contributed by atoms with Gasteiger partial charge >= 0.3 is 0 Å². The van der Waals surface area contributed by atoms with E-state index in [1.54, 1.807) is 42.5 Å². The number of benzene rings is 2. The fraction of sp³-hybridized carbons (Fsp3) is 0.350. The number of carbonyl (C=O) groups is 1. The topological polar surface area (TPSA) is 98.5 Å². The standard InChI is InChI=1S/C20H24N2O4S/c21-27(24,25)19-17(22-20(23)16-10-5-2-6-11-16)12-7-13-18(19)26-14-15-8-3-1-4-9-15/h2,5-7,10-13,15H,1,3-4,8-9,14H2,(H,22,23)(H2,21,24,25). The van der Waals surface area contributed by atoms with Gasteiger partial charge < -0.3 is 10.1 Å². The van der Waals surface area contributed by atoms with Crippen molar-refractivity contribution in [2.24, 2.45) is 11.1 Å². The van der Waals surface area contributed by atoms with Crippen molar-refractivity contribution in [3.63, 3.8) is 0 Å². The first kappa shape index (κ1) is 19.4. The smallest absolute Gasteiger partial charge is 0.255 e. The number of primary sulfonamides is 1. The highest BCUT2D eigenvalue weighted by Crippen LogP contribution is 2.32. The monoisotopic (exact) mass is 388 g/mol. The average Bonchev–Trinajstić information content (AvgIpc) is 2.67. The Morgan fingerprint density at radius 2 is 1.74 bits per heavy atom. The Kier molecular flexibility index (Phi) is 6.13. The van der Waals surface area contributed by atoms with Crippen molar-refractivity contribution in [3.05, 3.63) is 54.1 Å². The number of nitrogens with two attached hydrogens (primary N) is 1. The Morgan fingerprint density at radius 1 is 1.04 bits per heavy atom. The maximum atomic E-state index is 12.4. The first-order valence-corrected chi connectivity index (χ1v) is 10.6. The van der Waals surface area contributed by atoms with Gasteiger partial charge in [0.05, 0.1) is 12.3 Å². The lowest BCUT2D eigenvalue weighted by Crippen LogP contribution is -2.21. The quantitative estimate of drug-likeness (QED) is 0.790. The Hall–Kier alpha value is -2.38. The molecule has 3 N–H and O–H groups in total. The van der Waals surface area contributed by atoms with Crippen LogP contribution in [-0.4, -0.2) is 20.9 Å². The Morgan fingerprint density at radius 3 is 2.41 bits per heavy atom. The van der Waals surface area contributed by atoms with E-state index < -0.39 is 15.9 Å². The zero-order valence-electron chi connectivity index (χ0n) is 15.1. The Balaban J connectivity index is 1.84. The minimum Gasteiger partial charge on any atom is -0.492 e. The minimum atomic E-state index is -4.08. The number of sulfonamides is 1. The molecule has 1 aliphatic rings. The molecule has 7 heteroatoms. The van der Waals surface area contributed by atoms with Gasteiger partial charge in [-0.1, -0.05) is 43.5 Å². The average molecular weight is 388 g/mol. The number of amides is 1. The second-order valence-electron chi connectivity index (χ2n) is 6.81. The third-order valence-electron chi connectivity index (χ3n) is 4.75. The number of hydrogen-bond acceptors (Lipinski definition) is 4. The predicted octanol–water partition coefficient (Wildman–Crippen LogP) is 3.55. The van der Waals surface area contributed by atoms with Crippen LogP contribution in [0.4, 0.5) is 5.69 Å². The van der Waals surface area contributed by atoms with E-state index in [-0.39, 0.29) is 16.3 Å². The molecule has 0 saturated heterocycles. The molecule has 0 unspecified atom stereocenters. The molecular formula is C20H24N2O4S. The molecule has 0 aliphatic heterocycles. The molecule has 1 amide bonds. The first-order chi connectivity index (χ1) is 12.9. The maximum Gasteiger partial charge on any atom is 0.255 e. The van der Waals surface area contributed by atoms with Gasteiger partial charge in [0.25, 0.3) is 5.91 Å². The number of carbonyl (C=O) groups excluding carboxylic acids is 1. The van der Waals surface area contributed by atoms with Crippen LogP contribution in [0.2, 0.25) is 0 Å². The van der Waals surface area contributed by atoms with Crippen LogP contribution in [0.3, 0.4) is 0 Å². The normalized spacial score (nSPS) is 15.3. The zero-order chi connectivity index (χ0) is 19.3. The summed E-state index contributed by atoms with van der Waals surface area (Å²) in [6.07, 6.45) is 5.73. The Labute approximate surface area is 159 Å². The van der Waals surface area contributed by atoms with Crippen LogP contribution in [0, 0.1) is 5.92 Å². The molecule has 0 heterocycles. The summed E-state index contributed by atoms with van der Waals surface area (Å²) in [5.74, 6) is 0.175. The molecular weight excluding hydrogens is 364 g/mol. The molecule has 1 saturated carbocycles. The highest BCUT2D eigenvalue weighted by Gasteiger charge is 2.23. The van der Waals surface area contributed by atoms with Crippen LogP contribution in [0.1, 0.15) is 42.5 Å². The molecule has 6 nitrogen and oxygen atoms in total. The second-order valence-corrected chi connectivity index (χ2v) is 8.31. The van der Waals surface area contributed by atoms with E-state index in [9.17, 15) is 13.2 Å². The van der Waals surface area contributed by atoms with Gasteiger partial charge in [-0.3, -0.25) is 4.79 Å². The fourth-order valence-electron chi connectivity index (χ4n) is 3.37. The van der Waals surface area contributed by atoms with Crippen LogP contribution in [0.25, 0.3) is 0 Å². The number of anilines is 1. The number of rotatable bonds is 6. The molecule has 144 valence electrons. The van der Waals surface area contributed by atoms with Gasteiger partial charge in [0.1, 0.15) is 10.6 Å². The van der Waals surface area contributed by atoms with E-state index in [2.05, 4.69) is 5.32 Å². The molecule has 0 atom stereocenters. The van der Waals surface area contributed by atoms with Gasteiger partial charge in [-0.25, -0.2) is 13.6 Å². The van der Waals surface area contributed by atoms with Crippen LogP contribution in [0.15, 0.2) is 53.4 Å². The lowest BCUT2D eigenvalue weighted by atomic mass is 9.90. The summed E-state index contributed by atoms with van der Waals surface area (Å²) in [5.41, 5.74) is 0.541. The molecule has 1 aliphatic carbocycles. The lowest BCUT2D eigenvalue weighted by Gasteiger charge is -2.22. The van der Waals surface area contributed by atoms with Crippen LogP contribution in [0.5, 0.6) is 5.75 Å². The molecule has 3 rings (SSSR count). The molecule has 0 radical (unpaired) electrons. The van der Waals surface area contributed by atoms with E-state index in [4.69, 9.17) is 9.88 Å². The van der Waals surface area contributed by atoms with Crippen molar-refractivity contribution in [3.8, 4) is 5.75 Å². The number of nitrogens with one attached hydrogen (secondary N) is 1. The highest BCUT2D eigenvalue weighted by atomic mass is 32.2. The molecule has 2 aromatic carbocycles. The Bertz CT molecular complexity index is 891. The third-order valence-corrected chi connectivity index (χ3v) is 5.74. The van der Waals surface area contributed by atoms with Gasteiger partial charge in [0, 0.05) is 5.56 Å². The van der Waals surface area contributed by atoms with Crippen molar-refractivity contribution >= 4 is 21.6 Å². The van der Waals surface area contributed by atoms with Crippen LogP contribution in [-0.2, 0) is 10.0 Å². The predicted molar refractivity (Wildman–Crippen MR) is 104 cm³/mol. The van der Waals surface area contributed by atoms with E-state index in [1.807, 2.05) is 0 Å². The first-order valence-electron chi connectivity index (χ1n) is 9.10. The molecule has 0 spiro atoms. The molecule has 0 aromatic heterocycles. The molecule has 27 heavy (non-hydrogen) atoms. The fourth-order valence-corrected chi connectivity index (χ4v) is 4.20. The van der Waals surface area contributed by atoms with Gasteiger partial charge in [-0.05, 0) is 43.0 Å². The summed E-state index contributed by atoms with van der Waals surface area (Å²) in [5, 5.41) is 8.06. The summed E-state index contributed by atoms with van der Waals surface area (Å²) in [6, 6.07) is 13.3. The molecule has 1 fully saturated rings. The third kappa shape index (κ3) is 5.08. The summed E-state index contributed by atoms with van der Waals surface area (Å²) in [7, 11) is -4.08. The van der Waals surface area contributed by atoms with E-state index in [0.717, 1.165) is 12.8 Å². The lowest BCUT2D eigenvalue weighted by molar-refractivity contribution is 0.102. The van der Waals surface area contributed by atoms with E-state index >= 15 is 0 Å². The van der Waals surface area contributed by atoms with Crippen molar-refractivity contribution in [2.45, 2.75) is 37.0 Å². The highest BCUT2D eigenvalue weighted by molar-refractivity contribution is 7.89. The summed E-state index contributed by atoms with van der Waals surface area (Å²) >= 11 is 0. The SMILES string of the molecule is NS(=O)(=O)c1c(NC(=O)c2ccccc2)cccc1OCC1CCCCC1. The van der Waals surface area contributed by atoms with Crippen molar-refractivity contribution < 1.29 is 17.9 Å². The van der Waals surface area contributed by atoms with E-state index in [1.165, 1.54) is 25.3 Å². The zero-order valence-corrected chi connectivity index (χ0v) is 15.9. The molecule has 2 aromatic rings. The summed E-state index contributed by atoms with van der Waals surface area (Å²) in [4.78, 5) is 12.2. The summed E-state index contributed by atoms with van der Waals surface area (Å²) < 4.78 is 30.2.